The number of carboxylic acid groups (broad SMARTS) is 1. The molecule has 0 atom stereocenters. The van der Waals surface area contributed by atoms with E-state index >= 15 is 0 Å². The molecule has 5 nitrogen and oxygen atoms in total. The Morgan fingerprint density at radius 2 is 2.28 bits per heavy atom. The molecule has 0 spiro atoms. The van der Waals surface area contributed by atoms with Crippen molar-refractivity contribution in [3.63, 3.8) is 0 Å². The summed E-state index contributed by atoms with van der Waals surface area (Å²) in [7, 11) is 0. The number of nitrogens with zero attached hydrogens (tertiary/aromatic N) is 2. The second-order valence-corrected chi connectivity index (χ2v) is 4.97. The van der Waals surface area contributed by atoms with Crippen LogP contribution in [0.3, 0.4) is 0 Å². The number of carbonyl (C=O) groups is 2. The van der Waals surface area contributed by atoms with Crippen LogP contribution in [0.15, 0.2) is 27.8 Å². The van der Waals surface area contributed by atoms with Crippen LogP contribution in [0.5, 0.6) is 0 Å². The van der Waals surface area contributed by atoms with E-state index in [0.29, 0.717) is 11.4 Å². The molecule has 1 aliphatic heterocycles. The van der Waals surface area contributed by atoms with E-state index in [2.05, 4.69) is 21.0 Å². The summed E-state index contributed by atoms with van der Waals surface area (Å²) in [6.07, 6.45) is -0.125. The number of amides is 1. The fourth-order valence-corrected chi connectivity index (χ4v) is 2.27. The molecule has 2 rings (SSSR count). The third-order valence-corrected chi connectivity index (χ3v) is 3.07. The van der Waals surface area contributed by atoms with E-state index in [9.17, 15) is 9.59 Å². The molecule has 1 N–H and O–H groups in total. The number of aliphatic carboxylic acids is 1. The fourth-order valence-electron chi connectivity index (χ4n) is 1.80. The van der Waals surface area contributed by atoms with Gasteiger partial charge in [-0.2, -0.15) is 5.10 Å². The number of hydrazone groups is 1. The molecular formula is C12H11BrN2O3. The lowest BCUT2D eigenvalue weighted by atomic mass is 10.2. The molecule has 6 heteroatoms. The molecule has 1 amide bonds. The van der Waals surface area contributed by atoms with E-state index in [1.807, 2.05) is 19.1 Å². The second kappa shape index (κ2) is 4.89. The minimum Gasteiger partial charge on any atom is -0.481 e. The number of halogens is 1. The second-order valence-electron chi connectivity index (χ2n) is 4.05. The molecule has 1 aromatic carbocycles. The molecule has 0 aliphatic carbocycles. The van der Waals surface area contributed by atoms with Gasteiger partial charge in [0.2, 0.25) is 0 Å². The van der Waals surface area contributed by atoms with Crippen molar-refractivity contribution in [2.75, 3.05) is 5.01 Å². The van der Waals surface area contributed by atoms with Gasteiger partial charge in [-0.25, -0.2) is 5.01 Å². The van der Waals surface area contributed by atoms with Gasteiger partial charge in [-0.15, -0.1) is 0 Å². The zero-order valence-corrected chi connectivity index (χ0v) is 11.3. The summed E-state index contributed by atoms with van der Waals surface area (Å²) >= 11 is 3.35. The number of benzene rings is 1. The highest BCUT2D eigenvalue weighted by atomic mass is 79.9. The first-order valence-corrected chi connectivity index (χ1v) is 6.14. The summed E-state index contributed by atoms with van der Waals surface area (Å²) in [6, 6.07) is 5.48. The maximum Gasteiger partial charge on any atom is 0.309 e. The summed E-state index contributed by atoms with van der Waals surface area (Å²) in [5.74, 6) is -1.17. The van der Waals surface area contributed by atoms with E-state index in [1.165, 1.54) is 5.01 Å². The Morgan fingerprint density at radius 1 is 1.56 bits per heavy atom. The lowest BCUT2D eigenvalue weighted by Gasteiger charge is -2.14. The van der Waals surface area contributed by atoms with Crippen LogP contribution in [0.2, 0.25) is 0 Å². The Kier molecular flexibility index (Phi) is 3.47. The first-order chi connectivity index (χ1) is 8.47. The van der Waals surface area contributed by atoms with Crippen molar-refractivity contribution in [1.29, 1.82) is 0 Å². The highest BCUT2D eigenvalue weighted by Crippen LogP contribution is 2.27. The van der Waals surface area contributed by atoms with Crippen molar-refractivity contribution in [3.05, 3.63) is 28.2 Å². The lowest BCUT2D eigenvalue weighted by Crippen LogP contribution is -2.20. The largest absolute Gasteiger partial charge is 0.481 e. The number of anilines is 1. The standard InChI is InChI=1S/C12H11BrN2O3/c1-7-4-8(13)2-3-10(7)15-11(16)5-9(14-15)6-12(17)18/h2-4H,5-6H2,1H3,(H,17,18). The van der Waals surface area contributed by atoms with Gasteiger partial charge in [-0.3, -0.25) is 9.59 Å². The summed E-state index contributed by atoms with van der Waals surface area (Å²) < 4.78 is 0.921. The number of hydrogen-bond donors (Lipinski definition) is 1. The average molecular weight is 311 g/mol. The first-order valence-electron chi connectivity index (χ1n) is 5.34. The molecule has 0 fully saturated rings. The van der Waals surface area contributed by atoms with E-state index < -0.39 is 5.97 Å². The van der Waals surface area contributed by atoms with Gasteiger partial charge in [0, 0.05) is 4.47 Å². The molecule has 0 saturated heterocycles. The maximum atomic E-state index is 11.8. The Morgan fingerprint density at radius 3 is 2.89 bits per heavy atom. The zero-order chi connectivity index (χ0) is 13.3. The number of aryl methyl sites for hydroxylation is 1. The molecule has 1 aromatic rings. The summed E-state index contributed by atoms with van der Waals surface area (Å²) in [6.45, 7) is 1.87. The van der Waals surface area contributed by atoms with Crippen molar-refractivity contribution >= 4 is 39.2 Å². The van der Waals surface area contributed by atoms with Crippen molar-refractivity contribution in [2.45, 2.75) is 19.8 Å². The molecule has 0 radical (unpaired) electrons. The molecule has 0 aromatic heterocycles. The fraction of sp³-hybridized carbons (Fsp3) is 0.250. The predicted octanol–water partition coefficient (Wildman–Crippen LogP) is 2.32. The number of hydrogen-bond acceptors (Lipinski definition) is 3. The topological polar surface area (TPSA) is 70.0 Å². The van der Waals surface area contributed by atoms with Crippen molar-refractivity contribution in [3.8, 4) is 0 Å². The van der Waals surface area contributed by atoms with Crippen LogP contribution < -0.4 is 5.01 Å². The van der Waals surface area contributed by atoms with Crippen molar-refractivity contribution in [1.82, 2.24) is 0 Å². The quantitative estimate of drug-likeness (QED) is 0.931. The Bertz CT molecular complexity index is 554. The van der Waals surface area contributed by atoms with Crippen molar-refractivity contribution in [2.24, 2.45) is 5.10 Å². The van der Waals surface area contributed by atoms with Gasteiger partial charge in [0.1, 0.15) is 0 Å². The lowest BCUT2D eigenvalue weighted by molar-refractivity contribution is -0.135. The van der Waals surface area contributed by atoms with E-state index in [-0.39, 0.29) is 18.7 Å². The van der Waals surface area contributed by atoms with Gasteiger partial charge in [-0.1, -0.05) is 15.9 Å². The van der Waals surface area contributed by atoms with Crippen LogP contribution in [0, 0.1) is 6.92 Å². The van der Waals surface area contributed by atoms with Gasteiger partial charge < -0.3 is 5.11 Å². The molecule has 0 bridgehead atoms. The molecule has 1 heterocycles. The summed E-state index contributed by atoms with van der Waals surface area (Å²) in [4.78, 5) is 22.4. The van der Waals surface area contributed by atoms with E-state index in [0.717, 1.165) is 10.0 Å². The number of rotatable bonds is 3. The van der Waals surface area contributed by atoms with Crippen LogP contribution >= 0.6 is 15.9 Å². The SMILES string of the molecule is Cc1cc(Br)ccc1N1N=C(CC(=O)O)CC1=O. The van der Waals surface area contributed by atoms with E-state index in [1.54, 1.807) is 6.07 Å². The van der Waals surface area contributed by atoms with E-state index in [4.69, 9.17) is 5.11 Å². The monoisotopic (exact) mass is 310 g/mol. The van der Waals surface area contributed by atoms with Gasteiger partial charge in [0.05, 0.1) is 24.2 Å². The minimum atomic E-state index is -0.976. The smallest absolute Gasteiger partial charge is 0.309 e. The van der Waals surface area contributed by atoms with Crippen LogP contribution in [-0.2, 0) is 9.59 Å². The number of carboxylic acids is 1. The summed E-state index contributed by atoms with van der Waals surface area (Å²) in [5, 5.41) is 14.0. The molecule has 94 valence electrons. The molecule has 0 unspecified atom stereocenters. The predicted molar refractivity (Wildman–Crippen MR) is 70.7 cm³/mol. The van der Waals surface area contributed by atoms with Crippen LogP contribution in [-0.4, -0.2) is 22.7 Å². The van der Waals surface area contributed by atoms with Crippen LogP contribution in [0.25, 0.3) is 0 Å². The Balaban J connectivity index is 2.30. The first kappa shape index (κ1) is 12.8. The Hall–Kier alpha value is -1.69. The third kappa shape index (κ3) is 2.59. The third-order valence-electron chi connectivity index (χ3n) is 2.58. The molecule has 18 heavy (non-hydrogen) atoms. The van der Waals surface area contributed by atoms with Gasteiger partial charge in [0.25, 0.3) is 5.91 Å². The highest BCUT2D eigenvalue weighted by molar-refractivity contribution is 9.10. The molecule has 0 saturated carbocycles. The average Bonchev–Trinajstić information content (AvgIpc) is 2.58. The zero-order valence-electron chi connectivity index (χ0n) is 9.68. The minimum absolute atomic E-state index is 0.0712. The Labute approximate surface area is 112 Å². The highest BCUT2D eigenvalue weighted by Gasteiger charge is 2.27. The van der Waals surface area contributed by atoms with Crippen molar-refractivity contribution < 1.29 is 14.7 Å². The molecule has 1 aliphatic rings. The van der Waals surface area contributed by atoms with Crippen LogP contribution in [0.1, 0.15) is 18.4 Å². The number of carbonyl (C=O) groups excluding carboxylic acids is 1. The normalized spacial score (nSPS) is 14.9. The molecular weight excluding hydrogens is 300 g/mol. The van der Waals surface area contributed by atoms with Gasteiger partial charge >= 0.3 is 5.97 Å². The van der Waals surface area contributed by atoms with Crippen LogP contribution in [0.4, 0.5) is 5.69 Å². The maximum absolute atomic E-state index is 11.8. The van der Waals surface area contributed by atoms with Gasteiger partial charge in [-0.05, 0) is 30.7 Å². The summed E-state index contributed by atoms with van der Waals surface area (Å²) in [5.41, 5.74) is 1.97. The van der Waals surface area contributed by atoms with Gasteiger partial charge in [0.15, 0.2) is 0 Å².